The van der Waals surface area contributed by atoms with Crippen LogP contribution < -0.4 is 15.4 Å². The number of carbonyl (C=O) groups excluding carboxylic acids is 2. The molecule has 3 rings (SSSR count). The number of amides is 2. The van der Waals surface area contributed by atoms with Crippen molar-refractivity contribution in [1.29, 1.82) is 0 Å². The van der Waals surface area contributed by atoms with E-state index in [-0.39, 0.29) is 24.4 Å². The number of fused-ring (bicyclic) bond motifs is 1. The number of carbonyl (C=O) groups is 2. The van der Waals surface area contributed by atoms with Crippen molar-refractivity contribution in [2.45, 2.75) is 0 Å². The van der Waals surface area contributed by atoms with Gasteiger partial charge in [-0.1, -0.05) is 30.3 Å². The van der Waals surface area contributed by atoms with Crippen molar-refractivity contribution in [1.82, 2.24) is 18.9 Å². The summed E-state index contributed by atoms with van der Waals surface area (Å²) < 4.78 is 33.1. The molecule has 10 nitrogen and oxygen atoms in total. The minimum Gasteiger partial charge on any atom is -0.496 e. The van der Waals surface area contributed by atoms with Gasteiger partial charge in [-0.2, -0.15) is 12.7 Å². The van der Waals surface area contributed by atoms with Gasteiger partial charge >= 0.3 is 10.2 Å². The molecule has 0 aliphatic rings. The monoisotopic (exact) mass is 486 g/mol. The van der Waals surface area contributed by atoms with Crippen LogP contribution in [0.3, 0.4) is 0 Å². The minimum absolute atomic E-state index is 0.0303. The topological polar surface area (TPSA) is 130 Å². The van der Waals surface area contributed by atoms with Gasteiger partial charge in [0.1, 0.15) is 11.4 Å². The van der Waals surface area contributed by atoms with Gasteiger partial charge in [-0.15, -0.1) is 0 Å². The van der Waals surface area contributed by atoms with Gasteiger partial charge in [0.15, 0.2) is 0 Å². The average molecular weight is 487 g/mol. The molecule has 2 aromatic carbocycles. The first kappa shape index (κ1) is 25.0. The van der Waals surface area contributed by atoms with Gasteiger partial charge in [0, 0.05) is 37.8 Å². The van der Waals surface area contributed by atoms with Gasteiger partial charge < -0.3 is 20.5 Å². The lowest BCUT2D eigenvalue weighted by Gasteiger charge is -2.13. The van der Waals surface area contributed by atoms with Crippen molar-refractivity contribution in [2.24, 2.45) is 0 Å². The zero-order valence-electron chi connectivity index (χ0n) is 19.0. The number of benzene rings is 2. The van der Waals surface area contributed by atoms with Crippen molar-refractivity contribution < 1.29 is 27.9 Å². The first-order valence-corrected chi connectivity index (χ1v) is 11.7. The highest BCUT2D eigenvalue weighted by molar-refractivity contribution is 7.87. The average Bonchev–Trinajstić information content (AvgIpc) is 3.21. The Balaban J connectivity index is 2.12. The van der Waals surface area contributed by atoms with E-state index in [1.807, 2.05) is 0 Å². The first-order chi connectivity index (χ1) is 16.2. The smallest absolute Gasteiger partial charge is 0.307 e. The zero-order chi connectivity index (χ0) is 24.9. The molecule has 11 heteroatoms. The summed E-state index contributed by atoms with van der Waals surface area (Å²) in [7, 11) is 0.418. The van der Waals surface area contributed by atoms with Crippen LogP contribution in [0.4, 0.5) is 0 Å². The van der Waals surface area contributed by atoms with Crippen LogP contribution in [0.2, 0.25) is 0 Å². The summed E-state index contributed by atoms with van der Waals surface area (Å²) in [4.78, 5) is 25.8. The van der Waals surface area contributed by atoms with Crippen LogP contribution in [-0.2, 0) is 15.0 Å². The summed E-state index contributed by atoms with van der Waals surface area (Å²) in [6.07, 6.45) is 2.78. The lowest BCUT2D eigenvalue weighted by Crippen LogP contribution is -2.36. The zero-order valence-corrected chi connectivity index (χ0v) is 19.8. The summed E-state index contributed by atoms with van der Waals surface area (Å²) in [6.45, 7) is -0.322. The maximum Gasteiger partial charge on any atom is 0.307 e. The summed E-state index contributed by atoms with van der Waals surface area (Å²) in [5.74, 6) is -0.916. The van der Waals surface area contributed by atoms with E-state index in [1.165, 1.54) is 33.5 Å². The number of hydrogen-bond acceptors (Lipinski definition) is 6. The summed E-state index contributed by atoms with van der Waals surface area (Å²) >= 11 is 0. The molecule has 3 N–H and O–H groups in total. The number of para-hydroxylation sites is 2. The van der Waals surface area contributed by atoms with Crippen LogP contribution in [0, 0.1) is 0 Å². The van der Waals surface area contributed by atoms with Crippen molar-refractivity contribution in [3.05, 3.63) is 71.6 Å². The Bertz CT molecular complexity index is 1340. The van der Waals surface area contributed by atoms with Gasteiger partial charge in [0.25, 0.3) is 11.8 Å². The number of aliphatic hydroxyl groups excluding tert-OH is 1. The van der Waals surface area contributed by atoms with Gasteiger partial charge in [0.2, 0.25) is 0 Å². The molecule has 0 aliphatic carbocycles. The Labute approximate surface area is 197 Å². The Morgan fingerprint density at radius 2 is 1.79 bits per heavy atom. The molecule has 1 heterocycles. The standard InChI is InChI=1S/C23H26N4O6S/c1-26(2)34(31,32)27-15-16(17-8-4-6-10-20(17)27)14-19(23(30)24-12-13-28)25-22(29)18-9-5-7-11-21(18)33-3/h4-11,14-15,28H,12-13H2,1-3H3,(H,24,30)(H,25,29). The van der Waals surface area contributed by atoms with Gasteiger partial charge in [-0.3, -0.25) is 9.59 Å². The predicted octanol–water partition coefficient (Wildman–Crippen LogP) is 1.18. The van der Waals surface area contributed by atoms with Crippen LogP contribution in [0.25, 0.3) is 17.0 Å². The van der Waals surface area contributed by atoms with Crippen molar-refractivity contribution in [2.75, 3.05) is 34.4 Å². The van der Waals surface area contributed by atoms with Crippen molar-refractivity contribution in [3.63, 3.8) is 0 Å². The van der Waals surface area contributed by atoms with E-state index >= 15 is 0 Å². The molecule has 3 aromatic rings. The number of aliphatic hydroxyl groups is 1. The lowest BCUT2D eigenvalue weighted by molar-refractivity contribution is -0.117. The Kier molecular flexibility index (Phi) is 7.72. The van der Waals surface area contributed by atoms with Crippen molar-refractivity contribution in [3.8, 4) is 5.75 Å². The second kappa shape index (κ2) is 10.5. The molecule has 0 saturated carbocycles. The summed E-state index contributed by atoms with van der Waals surface area (Å²) in [5, 5.41) is 14.7. The Morgan fingerprint density at radius 3 is 2.47 bits per heavy atom. The third-order valence-corrected chi connectivity index (χ3v) is 6.68. The SMILES string of the molecule is COc1ccccc1C(=O)NC(=Cc1cn(S(=O)(=O)N(C)C)c2ccccc12)C(=O)NCCO. The Morgan fingerprint density at radius 1 is 1.12 bits per heavy atom. The maximum absolute atomic E-state index is 13.0. The van der Waals surface area contributed by atoms with Gasteiger partial charge in [-0.05, 0) is 24.3 Å². The van der Waals surface area contributed by atoms with E-state index < -0.39 is 22.0 Å². The number of aromatic nitrogens is 1. The molecule has 34 heavy (non-hydrogen) atoms. The molecular weight excluding hydrogens is 460 g/mol. The minimum atomic E-state index is -3.84. The van der Waals surface area contributed by atoms with E-state index in [1.54, 1.807) is 48.5 Å². The van der Waals surface area contributed by atoms with Crippen LogP contribution in [0.1, 0.15) is 15.9 Å². The molecule has 0 atom stereocenters. The molecule has 0 radical (unpaired) electrons. The summed E-state index contributed by atoms with van der Waals surface area (Å²) in [6, 6.07) is 13.3. The highest BCUT2D eigenvalue weighted by atomic mass is 32.2. The highest BCUT2D eigenvalue weighted by Gasteiger charge is 2.22. The number of nitrogens with one attached hydrogen (secondary N) is 2. The van der Waals surface area contributed by atoms with E-state index in [0.29, 0.717) is 22.2 Å². The first-order valence-electron chi connectivity index (χ1n) is 10.3. The third kappa shape index (κ3) is 5.11. The van der Waals surface area contributed by atoms with E-state index in [4.69, 9.17) is 9.84 Å². The van der Waals surface area contributed by atoms with Crippen LogP contribution in [0.15, 0.2) is 60.4 Å². The van der Waals surface area contributed by atoms with E-state index in [2.05, 4.69) is 10.6 Å². The highest BCUT2D eigenvalue weighted by Crippen LogP contribution is 2.26. The molecule has 0 bridgehead atoms. The van der Waals surface area contributed by atoms with Crippen molar-refractivity contribution >= 4 is 39.0 Å². The fourth-order valence-electron chi connectivity index (χ4n) is 3.26. The largest absolute Gasteiger partial charge is 0.496 e. The summed E-state index contributed by atoms with van der Waals surface area (Å²) in [5.41, 5.74) is 0.891. The number of nitrogens with zero attached hydrogens (tertiary/aromatic N) is 2. The normalized spacial score (nSPS) is 12.1. The molecule has 0 spiro atoms. The van der Waals surface area contributed by atoms with Gasteiger partial charge in [-0.25, -0.2) is 3.97 Å². The quantitative estimate of drug-likeness (QED) is 0.390. The molecule has 0 unspecified atom stereocenters. The second-order valence-electron chi connectivity index (χ2n) is 7.38. The molecule has 180 valence electrons. The second-order valence-corrected chi connectivity index (χ2v) is 9.40. The number of ether oxygens (including phenoxy) is 1. The molecule has 0 aliphatic heterocycles. The number of hydrogen-bond donors (Lipinski definition) is 3. The molecule has 0 saturated heterocycles. The third-order valence-electron chi connectivity index (χ3n) is 4.96. The molecule has 2 amide bonds. The number of methoxy groups -OCH3 is 1. The number of rotatable bonds is 9. The molecular formula is C23H26N4O6S. The predicted molar refractivity (Wildman–Crippen MR) is 128 cm³/mol. The van der Waals surface area contributed by atoms with E-state index in [9.17, 15) is 18.0 Å². The Hall–Kier alpha value is -3.67. The van der Waals surface area contributed by atoms with Gasteiger partial charge in [0.05, 0.1) is 24.8 Å². The van der Waals surface area contributed by atoms with Crippen LogP contribution >= 0.6 is 0 Å². The fraction of sp³-hybridized carbons (Fsp3) is 0.217. The fourth-order valence-corrected chi connectivity index (χ4v) is 4.26. The molecule has 1 aromatic heterocycles. The lowest BCUT2D eigenvalue weighted by atomic mass is 10.1. The van der Waals surface area contributed by atoms with Crippen LogP contribution in [-0.4, -0.2) is 68.0 Å². The maximum atomic E-state index is 13.0. The molecule has 0 fully saturated rings. The van der Waals surface area contributed by atoms with Crippen LogP contribution in [0.5, 0.6) is 5.75 Å². The van der Waals surface area contributed by atoms with E-state index in [0.717, 1.165) is 8.28 Å².